The molecule has 1 N–H and O–H groups in total. The molecule has 3 aromatic rings. The molecule has 0 radical (unpaired) electrons. The quantitative estimate of drug-likeness (QED) is 0.789. The lowest BCUT2D eigenvalue weighted by atomic mass is 10.2. The number of anilines is 1. The fourth-order valence-electron chi connectivity index (χ4n) is 2.72. The van der Waals surface area contributed by atoms with E-state index in [2.05, 4.69) is 15.4 Å². The monoisotopic (exact) mass is 345 g/mol. The van der Waals surface area contributed by atoms with Crippen molar-refractivity contribution in [2.24, 2.45) is 0 Å². The highest BCUT2D eigenvalue weighted by molar-refractivity contribution is 6.34. The molecule has 0 unspecified atom stereocenters. The first-order chi connectivity index (χ1) is 11.4. The molecule has 126 valence electrons. The van der Waals surface area contributed by atoms with Crippen LogP contribution in [-0.4, -0.2) is 40.1 Å². The molecule has 24 heavy (non-hydrogen) atoms. The number of fused-ring (bicyclic) bond motifs is 3. The largest absolute Gasteiger partial charge is 0.352 e. The minimum Gasteiger partial charge on any atom is -0.352 e. The average Bonchev–Trinajstić information content (AvgIpc) is 2.81. The smallest absolute Gasteiger partial charge is 0.239 e. The van der Waals surface area contributed by atoms with Gasteiger partial charge in [0.15, 0.2) is 5.65 Å². The van der Waals surface area contributed by atoms with Gasteiger partial charge in [-0.25, -0.2) is 9.50 Å². The van der Waals surface area contributed by atoms with Crippen LogP contribution in [0.4, 0.5) is 5.82 Å². The lowest BCUT2D eigenvalue weighted by Gasteiger charge is -2.20. The van der Waals surface area contributed by atoms with Crippen LogP contribution in [0.2, 0.25) is 5.02 Å². The van der Waals surface area contributed by atoms with Gasteiger partial charge in [0.25, 0.3) is 0 Å². The van der Waals surface area contributed by atoms with E-state index >= 15 is 0 Å². The minimum atomic E-state index is -0.0472. The van der Waals surface area contributed by atoms with Crippen molar-refractivity contribution in [2.75, 3.05) is 18.5 Å². The number of likely N-dealkylation sites (N-methyl/N-ethyl adjacent to an activating group) is 1. The van der Waals surface area contributed by atoms with E-state index in [0.717, 1.165) is 16.6 Å². The van der Waals surface area contributed by atoms with Crippen LogP contribution in [0.25, 0.3) is 16.6 Å². The van der Waals surface area contributed by atoms with Gasteiger partial charge in [0.05, 0.1) is 17.8 Å². The number of nitrogens with zero attached hydrogens (tertiary/aromatic N) is 4. The molecule has 0 aliphatic heterocycles. The highest BCUT2D eigenvalue weighted by Crippen LogP contribution is 2.29. The second kappa shape index (κ2) is 6.28. The summed E-state index contributed by atoms with van der Waals surface area (Å²) in [5.41, 5.74) is 2.23. The number of aryl methyl sites for hydroxylation is 1. The van der Waals surface area contributed by atoms with Crippen LogP contribution in [0.5, 0.6) is 0 Å². The van der Waals surface area contributed by atoms with Gasteiger partial charge < -0.3 is 10.2 Å². The zero-order chi connectivity index (χ0) is 17.4. The summed E-state index contributed by atoms with van der Waals surface area (Å²) in [6.07, 6.45) is 0. The number of carbonyl (C=O) groups is 1. The number of carbonyl (C=O) groups excluding carboxylic acids is 1. The van der Waals surface area contributed by atoms with Crippen LogP contribution in [0, 0.1) is 6.92 Å². The summed E-state index contributed by atoms with van der Waals surface area (Å²) in [6, 6.07) is 7.93. The van der Waals surface area contributed by atoms with Gasteiger partial charge in [-0.3, -0.25) is 4.79 Å². The lowest BCUT2D eigenvalue weighted by Crippen LogP contribution is -2.39. The van der Waals surface area contributed by atoms with Gasteiger partial charge in [-0.2, -0.15) is 5.10 Å². The van der Waals surface area contributed by atoms with Crippen LogP contribution in [0.1, 0.15) is 19.5 Å². The van der Waals surface area contributed by atoms with Crippen LogP contribution < -0.4 is 10.2 Å². The van der Waals surface area contributed by atoms with E-state index in [1.54, 1.807) is 4.52 Å². The van der Waals surface area contributed by atoms with Gasteiger partial charge in [0.1, 0.15) is 10.8 Å². The summed E-state index contributed by atoms with van der Waals surface area (Å²) < 4.78 is 1.75. The Kier molecular flexibility index (Phi) is 4.32. The van der Waals surface area contributed by atoms with Crippen molar-refractivity contribution < 1.29 is 4.79 Å². The minimum absolute atomic E-state index is 0.0472. The molecule has 0 atom stereocenters. The molecule has 6 nitrogen and oxygen atoms in total. The Morgan fingerprint density at radius 3 is 2.79 bits per heavy atom. The molecule has 1 aromatic carbocycles. The molecule has 1 amide bonds. The first kappa shape index (κ1) is 16.5. The number of amides is 1. The van der Waals surface area contributed by atoms with Gasteiger partial charge in [0, 0.05) is 18.5 Å². The molecular weight excluding hydrogens is 326 g/mol. The predicted molar refractivity (Wildman–Crippen MR) is 96.8 cm³/mol. The summed E-state index contributed by atoms with van der Waals surface area (Å²) in [5, 5.41) is 8.81. The topological polar surface area (TPSA) is 62.5 Å². The molecule has 0 spiro atoms. The van der Waals surface area contributed by atoms with E-state index < -0.39 is 0 Å². The van der Waals surface area contributed by atoms with Crippen molar-refractivity contribution in [3.63, 3.8) is 0 Å². The van der Waals surface area contributed by atoms with E-state index in [-0.39, 0.29) is 18.5 Å². The van der Waals surface area contributed by atoms with Gasteiger partial charge in [0.2, 0.25) is 5.91 Å². The fraction of sp³-hybridized carbons (Fsp3) is 0.353. The molecule has 3 rings (SSSR count). The maximum absolute atomic E-state index is 12.1. The molecule has 0 aliphatic carbocycles. The Hall–Kier alpha value is -2.34. The summed E-state index contributed by atoms with van der Waals surface area (Å²) in [7, 11) is 1.85. The van der Waals surface area contributed by atoms with Crippen LogP contribution in [-0.2, 0) is 4.79 Å². The third-order valence-electron chi connectivity index (χ3n) is 3.74. The maximum Gasteiger partial charge on any atom is 0.239 e. The fourth-order valence-corrected chi connectivity index (χ4v) is 2.88. The van der Waals surface area contributed by atoms with Crippen LogP contribution in [0.15, 0.2) is 24.3 Å². The number of nitrogens with one attached hydrogen (secondary N) is 1. The molecule has 2 heterocycles. The first-order valence-electron chi connectivity index (χ1n) is 7.82. The second-order valence-corrected chi connectivity index (χ2v) is 6.54. The zero-order valence-corrected chi connectivity index (χ0v) is 14.9. The Morgan fingerprint density at radius 2 is 2.08 bits per heavy atom. The summed E-state index contributed by atoms with van der Waals surface area (Å²) in [5.74, 6) is 0.660. The van der Waals surface area contributed by atoms with Gasteiger partial charge in [-0.1, -0.05) is 23.7 Å². The number of aromatic nitrogens is 3. The third-order valence-corrected chi connectivity index (χ3v) is 4.18. The highest BCUT2D eigenvalue weighted by atomic mass is 35.5. The van der Waals surface area contributed by atoms with Gasteiger partial charge in [-0.05, 0) is 32.9 Å². The van der Waals surface area contributed by atoms with Crippen molar-refractivity contribution >= 4 is 39.9 Å². The van der Waals surface area contributed by atoms with Crippen LogP contribution in [0.3, 0.4) is 0 Å². The Bertz CT molecular complexity index is 918. The number of para-hydroxylation sites is 1. The van der Waals surface area contributed by atoms with Gasteiger partial charge in [-0.15, -0.1) is 0 Å². The standard InChI is InChI=1S/C17H20ClN5O/c1-10(2)19-14(24)9-22(4)16-12-7-5-6-8-13(12)23-17(20-16)15(18)11(3)21-23/h5-8,10H,9H2,1-4H3,(H,19,24). The molecule has 2 aromatic heterocycles. The van der Waals surface area contributed by atoms with E-state index in [9.17, 15) is 4.79 Å². The summed E-state index contributed by atoms with van der Waals surface area (Å²) in [6.45, 7) is 5.94. The number of benzene rings is 1. The first-order valence-corrected chi connectivity index (χ1v) is 8.20. The normalized spacial score (nSPS) is 11.4. The lowest BCUT2D eigenvalue weighted by molar-refractivity contribution is -0.120. The number of halogens is 1. The SMILES string of the molecule is Cc1nn2c(nc(N(C)CC(=O)NC(C)C)c3ccccc32)c1Cl. The molecule has 0 aliphatic rings. The number of hydrogen-bond acceptors (Lipinski definition) is 4. The van der Waals surface area contributed by atoms with Crippen molar-refractivity contribution in [3.05, 3.63) is 35.0 Å². The predicted octanol–water partition coefficient (Wildman–Crippen LogP) is 2.81. The third kappa shape index (κ3) is 2.89. The van der Waals surface area contributed by atoms with Crippen molar-refractivity contribution in [2.45, 2.75) is 26.8 Å². The Labute approximate surface area is 145 Å². The van der Waals surface area contributed by atoms with E-state index in [1.165, 1.54) is 0 Å². The van der Waals surface area contributed by atoms with Crippen molar-refractivity contribution in [1.82, 2.24) is 19.9 Å². The molecule has 0 saturated heterocycles. The van der Waals surface area contributed by atoms with E-state index in [4.69, 9.17) is 11.6 Å². The maximum atomic E-state index is 12.1. The molecule has 7 heteroatoms. The van der Waals surface area contributed by atoms with E-state index in [1.807, 2.05) is 57.0 Å². The number of rotatable bonds is 4. The summed E-state index contributed by atoms with van der Waals surface area (Å²) >= 11 is 6.35. The summed E-state index contributed by atoms with van der Waals surface area (Å²) in [4.78, 5) is 18.6. The zero-order valence-electron chi connectivity index (χ0n) is 14.2. The molecule has 0 saturated carbocycles. The van der Waals surface area contributed by atoms with Crippen LogP contribution >= 0.6 is 11.6 Å². The second-order valence-electron chi connectivity index (χ2n) is 6.17. The molecular formula is C17H20ClN5O. The van der Waals surface area contributed by atoms with E-state index in [0.29, 0.717) is 16.5 Å². The highest BCUT2D eigenvalue weighted by Gasteiger charge is 2.18. The van der Waals surface area contributed by atoms with Crippen molar-refractivity contribution in [1.29, 1.82) is 0 Å². The number of hydrogen-bond donors (Lipinski definition) is 1. The van der Waals surface area contributed by atoms with Crippen molar-refractivity contribution in [3.8, 4) is 0 Å². The van der Waals surface area contributed by atoms with Gasteiger partial charge >= 0.3 is 0 Å². The average molecular weight is 346 g/mol. The Morgan fingerprint density at radius 1 is 1.38 bits per heavy atom. The Balaban J connectivity index is 2.12. The molecule has 0 bridgehead atoms. The molecule has 0 fully saturated rings.